The van der Waals surface area contributed by atoms with Crippen LogP contribution in [0.4, 0.5) is 0 Å². The molecular weight excluding hydrogens is 424 g/mol. The number of hydrogen-bond acceptors (Lipinski definition) is 4. The Labute approximate surface area is 192 Å². The molecule has 1 aliphatic rings. The van der Waals surface area contributed by atoms with Gasteiger partial charge in [0.05, 0.1) is 13.2 Å². The average Bonchev–Trinajstić information content (AvgIpc) is 3.06. The van der Waals surface area contributed by atoms with Crippen LogP contribution in [0.5, 0.6) is 5.75 Å². The van der Waals surface area contributed by atoms with Crippen molar-refractivity contribution in [3.05, 3.63) is 58.1 Å². The van der Waals surface area contributed by atoms with Gasteiger partial charge < -0.3 is 10.1 Å². The van der Waals surface area contributed by atoms with E-state index in [-0.39, 0.29) is 22.6 Å². The fraction of sp³-hybridized carbons (Fsp3) is 0.480. The van der Waals surface area contributed by atoms with Crippen molar-refractivity contribution >= 4 is 15.9 Å². The molecule has 1 aliphatic heterocycles. The molecule has 32 heavy (non-hydrogen) atoms. The van der Waals surface area contributed by atoms with Crippen LogP contribution < -0.4 is 10.1 Å². The monoisotopic (exact) mass is 458 g/mol. The van der Waals surface area contributed by atoms with E-state index in [2.05, 4.69) is 31.3 Å². The fourth-order valence-electron chi connectivity index (χ4n) is 4.25. The normalized spacial score (nSPS) is 16.3. The van der Waals surface area contributed by atoms with Crippen LogP contribution in [0.1, 0.15) is 71.3 Å². The number of benzene rings is 2. The van der Waals surface area contributed by atoms with Crippen molar-refractivity contribution in [2.75, 3.05) is 20.2 Å². The number of nitrogens with zero attached hydrogens (tertiary/aromatic N) is 1. The first kappa shape index (κ1) is 24.3. The van der Waals surface area contributed by atoms with Gasteiger partial charge in [0.2, 0.25) is 10.0 Å². The van der Waals surface area contributed by atoms with Gasteiger partial charge in [0.1, 0.15) is 10.6 Å². The molecule has 1 atom stereocenters. The molecule has 3 rings (SSSR count). The van der Waals surface area contributed by atoms with Crippen LogP contribution in [-0.2, 0) is 10.0 Å². The van der Waals surface area contributed by atoms with Gasteiger partial charge >= 0.3 is 0 Å². The Hall–Kier alpha value is -2.38. The van der Waals surface area contributed by atoms with Crippen molar-refractivity contribution in [1.29, 1.82) is 0 Å². The SMILES string of the molecule is COc1ccc(C(=O)NC(C)c2cc(C)c(C)cc2C)cc1S(=O)(=O)N1CCCCCC1. The first-order valence-electron chi connectivity index (χ1n) is 11.2. The molecule has 2 aromatic carbocycles. The molecule has 0 aliphatic carbocycles. The number of methoxy groups -OCH3 is 1. The Morgan fingerprint density at radius 2 is 1.59 bits per heavy atom. The molecule has 0 saturated carbocycles. The topological polar surface area (TPSA) is 75.7 Å². The second-order valence-electron chi connectivity index (χ2n) is 8.67. The zero-order valence-corrected chi connectivity index (χ0v) is 20.5. The van der Waals surface area contributed by atoms with E-state index in [9.17, 15) is 13.2 Å². The van der Waals surface area contributed by atoms with Crippen LogP contribution >= 0.6 is 0 Å². The molecule has 7 heteroatoms. The largest absolute Gasteiger partial charge is 0.495 e. The lowest BCUT2D eigenvalue weighted by molar-refractivity contribution is 0.0939. The van der Waals surface area contributed by atoms with Gasteiger partial charge in [-0.05, 0) is 81.0 Å². The molecule has 0 spiro atoms. The zero-order valence-electron chi connectivity index (χ0n) is 19.7. The second-order valence-corrected chi connectivity index (χ2v) is 10.6. The highest BCUT2D eigenvalue weighted by atomic mass is 32.2. The number of rotatable bonds is 6. The zero-order chi connectivity index (χ0) is 23.5. The molecule has 2 aromatic rings. The van der Waals surface area contributed by atoms with E-state index in [1.165, 1.54) is 28.6 Å². The van der Waals surface area contributed by atoms with Gasteiger partial charge in [-0.1, -0.05) is 25.0 Å². The van der Waals surface area contributed by atoms with Gasteiger partial charge in [0, 0.05) is 18.7 Å². The predicted octanol–water partition coefficient (Wildman–Crippen LogP) is 4.68. The Bertz CT molecular complexity index is 1090. The third-order valence-electron chi connectivity index (χ3n) is 6.31. The van der Waals surface area contributed by atoms with Gasteiger partial charge in [-0.3, -0.25) is 4.79 Å². The summed E-state index contributed by atoms with van der Waals surface area (Å²) in [5.74, 6) is -0.0612. The molecule has 174 valence electrons. The molecule has 0 aromatic heterocycles. The highest BCUT2D eigenvalue weighted by molar-refractivity contribution is 7.89. The molecule has 6 nitrogen and oxygen atoms in total. The lowest BCUT2D eigenvalue weighted by atomic mass is 9.96. The summed E-state index contributed by atoms with van der Waals surface area (Å²) in [4.78, 5) is 13.1. The van der Waals surface area contributed by atoms with Gasteiger partial charge in [-0.15, -0.1) is 0 Å². The Kier molecular flexibility index (Phi) is 7.62. The molecule has 0 bridgehead atoms. The lowest BCUT2D eigenvalue weighted by Crippen LogP contribution is -2.32. The number of sulfonamides is 1. The number of amides is 1. The van der Waals surface area contributed by atoms with E-state index in [4.69, 9.17) is 4.74 Å². The minimum Gasteiger partial charge on any atom is -0.495 e. The highest BCUT2D eigenvalue weighted by Crippen LogP contribution is 2.30. The molecular formula is C25H34N2O4S. The van der Waals surface area contributed by atoms with Crippen LogP contribution in [0.15, 0.2) is 35.2 Å². The summed E-state index contributed by atoms with van der Waals surface area (Å²) < 4.78 is 33.6. The van der Waals surface area contributed by atoms with Crippen molar-refractivity contribution in [2.45, 2.75) is 64.3 Å². The summed E-state index contributed by atoms with van der Waals surface area (Å²) >= 11 is 0. The summed E-state index contributed by atoms with van der Waals surface area (Å²) in [6.45, 7) is 9.07. The van der Waals surface area contributed by atoms with Gasteiger partial charge in [-0.2, -0.15) is 4.31 Å². The van der Waals surface area contributed by atoms with Crippen molar-refractivity contribution in [3.8, 4) is 5.75 Å². The van der Waals surface area contributed by atoms with E-state index in [0.29, 0.717) is 18.7 Å². The first-order valence-corrected chi connectivity index (χ1v) is 12.7. The molecule has 0 radical (unpaired) electrons. The van der Waals surface area contributed by atoms with Crippen LogP contribution in [0.25, 0.3) is 0 Å². The summed E-state index contributed by atoms with van der Waals surface area (Å²) in [7, 11) is -2.31. The average molecular weight is 459 g/mol. The standard InChI is InChI=1S/C25H34N2O4S/c1-17-14-19(3)22(15-18(17)2)20(4)26-25(28)21-10-11-23(31-5)24(16-21)32(29,30)27-12-8-6-7-9-13-27/h10-11,14-16,20H,6-9,12-13H2,1-5H3,(H,26,28). The molecule has 1 saturated heterocycles. The second kappa shape index (κ2) is 10.0. The maximum Gasteiger partial charge on any atom is 0.251 e. The lowest BCUT2D eigenvalue weighted by Gasteiger charge is -2.22. The quantitative estimate of drug-likeness (QED) is 0.682. The number of ether oxygens (including phenoxy) is 1. The predicted molar refractivity (Wildman–Crippen MR) is 127 cm³/mol. The van der Waals surface area contributed by atoms with Gasteiger partial charge in [0.15, 0.2) is 0 Å². The van der Waals surface area contributed by atoms with E-state index in [1.807, 2.05) is 13.8 Å². The molecule has 1 N–H and O–H groups in total. The van der Waals surface area contributed by atoms with Crippen molar-refractivity contribution in [1.82, 2.24) is 9.62 Å². The van der Waals surface area contributed by atoms with E-state index in [1.54, 1.807) is 12.1 Å². The molecule has 1 heterocycles. The summed E-state index contributed by atoms with van der Waals surface area (Å²) in [5.41, 5.74) is 4.84. The number of carbonyl (C=O) groups excluding carboxylic acids is 1. The number of carbonyl (C=O) groups is 1. The highest BCUT2D eigenvalue weighted by Gasteiger charge is 2.29. The summed E-state index contributed by atoms with van der Waals surface area (Å²) in [6.07, 6.45) is 3.74. The number of hydrogen-bond donors (Lipinski definition) is 1. The number of aryl methyl sites for hydroxylation is 3. The van der Waals surface area contributed by atoms with E-state index >= 15 is 0 Å². The third-order valence-corrected chi connectivity index (χ3v) is 8.22. The van der Waals surface area contributed by atoms with E-state index < -0.39 is 10.0 Å². The Balaban J connectivity index is 1.89. The van der Waals surface area contributed by atoms with Gasteiger partial charge in [-0.25, -0.2) is 8.42 Å². The Morgan fingerprint density at radius 3 is 2.22 bits per heavy atom. The first-order chi connectivity index (χ1) is 15.1. The molecule has 1 unspecified atom stereocenters. The smallest absolute Gasteiger partial charge is 0.251 e. The van der Waals surface area contributed by atoms with E-state index in [0.717, 1.165) is 36.8 Å². The van der Waals surface area contributed by atoms with Crippen molar-refractivity contribution in [2.24, 2.45) is 0 Å². The maximum absolute atomic E-state index is 13.4. The van der Waals surface area contributed by atoms with Gasteiger partial charge in [0.25, 0.3) is 5.91 Å². The van der Waals surface area contributed by atoms with Crippen molar-refractivity contribution < 1.29 is 17.9 Å². The fourth-order valence-corrected chi connectivity index (χ4v) is 5.95. The summed E-state index contributed by atoms with van der Waals surface area (Å²) in [6, 6.07) is 8.61. The third kappa shape index (κ3) is 5.15. The molecule has 1 amide bonds. The van der Waals surface area contributed by atoms with Crippen molar-refractivity contribution in [3.63, 3.8) is 0 Å². The van der Waals surface area contributed by atoms with Crippen LogP contribution in [0.3, 0.4) is 0 Å². The van der Waals surface area contributed by atoms with Crippen LogP contribution in [-0.4, -0.2) is 38.8 Å². The maximum atomic E-state index is 13.4. The van der Waals surface area contributed by atoms with Crippen LogP contribution in [0, 0.1) is 20.8 Å². The van der Waals surface area contributed by atoms with Crippen LogP contribution in [0.2, 0.25) is 0 Å². The molecule has 1 fully saturated rings. The Morgan fingerprint density at radius 1 is 0.969 bits per heavy atom. The summed E-state index contributed by atoms with van der Waals surface area (Å²) in [5, 5.41) is 3.02. The minimum atomic E-state index is -3.75. The minimum absolute atomic E-state index is 0.0459. The number of nitrogens with one attached hydrogen (secondary N) is 1.